The Labute approximate surface area is 118 Å². The van der Waals surface area contributed by atoms with Crippen molar-refractivity contribution in [3.8, 4) is 0 Å². The van der Waals surface area contributed by atoms with Crippen molar-refractivity contribution in [3.05, 3.63) is 35.4 Å². The number of carbonyl (C=O) groups excluding carboxylic acids is 1. The number of amides is 1. The van der Waals surface area contributed by atoms with Crippen LogP contribution in [-0.4, -0.2) is 23.9 Å². The molecule has 2 atom stereocenters. The molecule has 1 amide bonds. The molecule has 1 rings (SSSR count). The van der Waals surface area contributed by atoms with Crippen LogP contribution in [0.5, 0.6) is 0 Å². The maximum atomic E-state index is 13.7. The first-order valence-corrected chi connectivity index (χ1v) is 6.83. The van der Waals surface area contributed by atoms with Gasteiger partial charge in [0.2, 0.25) is 5.91 Å². The number of carbonyl (C=O) groups is 1. The summed E-state index contributed by atoms with van der Waals surface area (Å²) >= 11 is 0. The Hall–Kier alpha value is -1.49. The predicted molar refractivity (Wildman–Crippen MR) is 75.0 cm³/mol. The van der Waals surface area contributed by atoms with Crippen molar-refractivity contribution in [2.75, 3.05) is 7.05 Å². The van der Waals surface area contributed by atoms with E-state index in [9.17, 15) is 13.6 Å². The van der Waals surface area contributed by atoms with E-state index >= 15 is 0 Å². The minimum Gasteiger partial charge on any atom is -0.339 e. The number of hydrogen-bond acceptors (Lipinski definition) is 2. The second-order valence-electron chi connectivity index (χ2n) is 5.10. The van der Waals surface area contributed by atoms with Gasteiger partial charge in [0.05, 0.1) is 6.04 Å². The summed E-state index contributed by atoms with van der Waals surface area (Å²) in [7, 11) is 1.58. The Morgan fingerprint density at radius 2 is 2.05 bits per heavy atom. The van der Waals surface area contributed by atoms with Crippen molar-refractivity contribution in [1.82, 2.24) is 4.90 Å². The van der Waals surface area contributed by atoms with Crippen LogP contribution in [0.25, 0.3) is 0 Å². The summed E-state index contributed by atoms with van der Waals surface area (Å²) in [6.45, 7) is 3.67. The lowest BCUT2D eigenvalue weighted by atomic mass is 10.0. The fourth-order valence-corrected chi connectivity index (χ4v) is 2.10. The van der Waals surface area contributed by atoms with Gasteiger partial charge in [-0.15, -0.1) is 0 Å². The van der Waals surface area contributed by atoms with E-state index in [-0.39, 0.29) is 23.9 Å². The summed E-state index contributed by atoms with van der Waals surface area (Å²) in [6, 6.07) is 2.52. The lowest BCUT2D eigenvalue weighted by Gasteiger charge is -2.27. The third kappa shape index (κ3) is 4.27. The summed E-state index contributed by atoms with van der Waals surface area (Å²) in [5, 5.41) is 0. The van der Waals surface area contributed by atoms with E-state index in [0.29, 0.717) is 0 Å². The third-order valence-electron chi connectivity index (χ3n) is 3.48. The van der Waals surface area contributed by atoms with Crippen LogP contribution >= 0.6 is 0 Å². The van der Waals surface area contributed by atoms with Crippen molar-refractivity contribution >= 4 is 5.91 Å². The Morgan fingerprint density at radius 1 is 1.40 bits per heavy atom. The summed E-state index contributed by atoms with van der Waals surface area (Å²) < 4.78 is 26.9. The second kappa shape index (κ2) is 7.33. The van der Waals surface area contributed by atoms with Crippen LogP contribution in [-0.2, 0) is 4.79 Å². The van der Waals surface area contributed by atoms with Gasteiger partial charge in [0.1, 0.15) is 11.6 Å². The molecule has 0 aliphatic carbocycles. The maximum Gasteiger partial charge on any atom is 0.224 e. The summed E-state index contributed by atoms with van der Waals surface area (Å²) in [6.07, 6.45) is 1.89. The molecule has 0 saturated heterocycles. The highest BCUT2D eigenvalue weighted by molar-refractivity contribution is 5.77. The minimum atomic E-state index is -0.535. The Morgan fingerprint density at radius 3 is 2.65 bits per heavy atom. The molecule has 112 valence electrons. The van der Waals surface area contributed by atoms with E-state index in [1.807, 2.05) is 6.92 Å². The normalized spacial score (nSPS) is 13.9. The van der Waals surface area contributed by atoms with E-state index in [1.165, 1.54) is 4.90 Å². The first-order chi connectivity index (χ1) is 9.36. The van der Waals surface area contributed by atoms with Gasteiger partial charge in [-0.2, -0.15) is 0 Å². The quantitative estimate of drug-likeness (QED) is 0.873. The molecule has 0 radical (unpaired) electrons. The first kappa shape index (κ1) is 16.6. The molecule has 20 heavy (non-hydrogen) atoms. The molecule has 0 fully saturated rings. The van der Waals surface area contributed by atoms with Gasteiger partial charge in [-0.25, -0.2) is 8.78 Å². The van der Waals surface area contributed by atoms with Gasteiger partial charge in [-0.3, -0.25) is 4.79 Å². The smallest absolute Gasteiger partial charge is 0.224 e. The van der Waals surface area contributed by atoms with Gasteiger partial charge < -0.3 is 10.6 Å². The van der Waals surface area contributed by atoms with Gasteiger partial charge >= 0.3 is 0 Å². The zero-order chi connectivity index (χ0) is 15.3. The molecule has 0 aliphatic rings. The van der Waals surface area contributed by atoms with Gasteiger partial charge in [0, 0.05) is 25.1 Å². The average molecular weight is 284 g/mol. The maximum absolute atomic E-state index is 13.7. The largest absolute Gasteiger partial charge is 0.339 e. The van der Waals surface area contributed by atoms with Gasteiger partial charge in [-0.05, 0) is 31.5 Å². The molecule has 0 saturated carbocycles. The number of nitrogens with zero attached hydrogens (tertiary/aromatic N) is 1. The molecular weight excluding hydrogens is 262 g/mol. The van der Waals surface area contributed by atoms with Crippen molar-refractivity contribution in [2.24, 2.45) is 5.73 Å². The SMILES string of the molecule is CCCC(N)CC(=O)N(C)C(C)c1cc(F)ccc1F. The highest BCUT2D eigenvalue weighted by Gasteiger charge is 2.22. The summed E-state index contributed by atoms with van der Waals surface area (Å²) in [5.41, 5.74) is 6.01. The monoisotopic (exact) mass is 284 g/mol. The Kier molecular flexibility index (Phi) is 6.07. The van der Waals surface area contributed by atoms with Gasteiger partial charge in [0.25, 0.3) is 0 Å². The molecular formula is C15H22F2N2O. The molecule has 0 aromatic heterocycles. The predicted octanol–water partition coefficient (Wildman–Crippen LogP) is 3.00. The molecule has 2 unspecified atom stereocenters. The van der Waals surface area contributed by atoms with E-state index in [0.717, 1.165) is 31.0 Å². The molecule has 2 N–H and O–H groups in total. The number of hydrogen-bond donors (Lipinski definition) is 1. The minimum absolute atomic E-state index is 0.165. The lowest BCUT2D eigenvalue weighted by molar-refractivity contribution is -0.132. The number of halogens is 2. The summed E-state index contributed by atoms with van der Waals surface area (Å²) in [5.74, 6) is -1.20. The van der Waals surface area contributed by atoms with Crippen LogP contribution in [0.3, 0.4) is 0 Å². The van der Waals surface area contributed by atoms with E-state index in [4.69, 9.17) is 5.73 Å². The van der Waals surface area contributed by atoms with Crippen LogP contribution in [0.15, 0.2) is 18.2 Å². The fourth-order valence-electron chi connectivity index (χ4n) is 2.10. The van der Waals surface area contributed by atoms with Crippen LogP contribution in [0.4, 0.5) is 8.78 Å². The lowest BCUT2D eigenvalue weighted by Crippen LogP contribution is -2.35. The number of benzene rings is 1. The fraction of sp³-hybridized carbons (Fsp3) is 0.533. The molecule has 3 nitrogen and oxygen atoms in total. The average Bonchev–Trinajstić information content (AvgIpc) is 2.40. The van der Waals surface area contributed by atoms with Crippen LogP contribution in [0.1, 0.15) is 44.7 Å². The molecule has 0 aliphatic heterocycles. The third-order valence-corrected chi connectivity index (χ3v) is 3.48. The topological polar surface area (TPSA) is 46.3 Å². The molecule has 1 aromatic rings. The number of nitrogens with two attached hydrogens (primary N) is 1. The number of rotatable bonds is 6. The van der Waals surface area contributed by atoms with Crippen LogP contribution < -0.4 is 5.73 Å². The zero-order valence-electron chi connectivity index (χ0n) is 12.2. The van der Waals surface area contributed by atoms with E-state index < -0.39 is 17.7 Å². The van der Waals surface area contributed by atoms with Gasteiger partial charge in [-0.1, -0.05) is 13.3 Å². The molecule has 0 bridgehead atoms. The molecule has 0 spiro atoms. The molecule has 5 heteroatoms. The van der Waals surface area contributed by atoms with Gasteiger partial charge in [0.15, 0.2) is 0 Å². The van der Waals surface area contributed by atoms with Crippen molar-refractivity contribution < 1.29 is 13.6 Å². The van der Waals surface area contributed by atoms with Crippen LogP contribution in [0.2, 0.25) is 0 Å². The first-order valence-electron chi connectivity index (χ1n) is 6.83. The summed E-state index contributed by atoms with van der Waals surface area (Å²) in [4.78, 5) is 13.5. The highest BCUT2D eigenvalue weighted by Crippen LogP contribution is 2.23. The van der Waals surface area contributed by atoms with E-state index in [2.05, 4.69) is 0 Å². The molecule has 0 heterocycles. The Bertz CT molecular complexity index is 465. The standard InChI is InChI=1S/C15H22F2N2O/c1-4-5-12(18)9-15(20)19(3)10(2)13-8-11(16)6-7-14(13)17/h6-8,10,12H,4-5,9,18H2,1-3H3. The molecule has 1 aromatic carbocycles. The second-order valence-corrected chi connectivity index (χ2v) is 5.10. The van der Waals surface area contributed by atoms with Crippen molar-refractivity contribution in [2.45, 2.75) is 45.2 Å². The van der Waals surface area contributed by atoms with Crippen LogP contribution in [0, 0.1) is 11.6 Å². The van der Waals surface area contributed by atoms with Crippen molar-refractivity contribution in [3.63, 3.8) is 0 Å². The Balaban J connectivity index is 2.77. The van der Waals surface area contributed by atoms with Crippen molar-refractivity contribution in [1.29, 1.82) is 0 Å². The van der Waals surface area contributed by atoms with E-state index in [1.54, 1.807) is 14.0 Å². The highest BCUT2D eigenvalue weighted by atomic mass is 19.1. The zero-order valence-corrected chi connectivity index (χ0v) is 12.2.